The van der Waals surface area contributed by atoms with E-state index in [-0.39, 0.29) is 22.8 Å². The molecule has 0 aliphatic heterocycles. The van der Waals surface area contributed by atoms with E-state index in [4.69, 9.17) is 15.9 Å². The molecule has 0 atom stereocenters. The maximum atomic E-state index is 13.9. The Balaban J connectivity index is 2.00. The smallest absolute Gasteiger partial charge is 0.291 e. The van der Waals surface area contributed by atoms with Gasteiger partial charge in [0.1, 0.15) is 17.4 Å². The van der Waals surface area contributed by atoms with Crippen LogP contribution < -0.4 is 16.8 Å². The molecule has 5 N–H and O–H groups in total. The number of halogens is 2. The van der Waals surface area contributed by atoms with Gasteiger partial charge in [-0.25, -0.2) is 8.78 Å². The minimum atomic E-state index is -0.876. The number of nitrogens with one attached hydrogen (secondary N) is 1. The van der Waals surface area contributed by atoms with Gasteiger partial charge >= 0.3 is 0 Å². The number of carbonyl (C=O) groups excluding carboxylic acids is 1. The van der Waals surface area contributed by atoms with Crippen LogP contribution in [0.25, 0.3) is 0 Å². The molecule has 0 bridgehead atoms. The number of nitrogens with two attached hydrogens (primary N) is 2. The molecular weight excluding hydrogens is 368 g/mol. The molecule has 0 saturated heterocycles. The van der Waals surface area contributed by atoms with Crippen LogP contribution in [0, 0.1) is 24.0 Å². The summed E-state index contributed by atoms with van der Waals surface area (Å²) in [5.74, 6) is -1.81. The summed E-state index contributed by atoms with van der Waals surface area (Å²) in [7, 11) is 0. The number of furan rings is 1. The van der Waals surface area contributed by atoms with Crippen LogP contribution >= 0.6 is 0 Å². The van der Waals surface area contributed by atoms with Gasteiger partial charge in [0.2, 0.25) is 5.96 Å². The van der Waals surface area contributed by atoms with Crippen molar-refractivity contribution in [3.63, 3.8) is 0 Å². The fraction of sp³-hybridized carbons (Fsp3) is 0.316. The van der Waals surface area contributed by atoms with Gasteiger partial charge in [-0.3, -0.25) is 4.79 Å². The molecule has 0 unspecified atom stereocenters. The third-order valence-corrected chi connectivity index (χ3v) is 4.47. The van der Waals surface area contributed by atoms with Gasteiger partial charge in [0.15, 0.2) is 5.76 Å². The molecule has 9 heteroatoms. The van der Waals surface area contributed by atoms with Crippen LogP contribution in [0.3, 0.4) is 0 Å². The lowest BCUT2D eigenvalue weighted by Crippen LogP contribution is -2.27. The van der Waals surface area contributed by atoms with Crippen LogP contribution in [0.15, 0.2) is 32.8 Å². The Hall–Kier alpha value is -3.23. The minimum absolute atomic E-state index is 0.0313. The summed E-state index contributed by atoms with van der Waals surface area (Å²) in [6, 6.07) is 2.90. The summed E-state index contributed by atoms with van der Waals surface area (Å²) < 4.78 is 32.7. The van der Waals surface area contributed by atoms with Crippen LogP contribution in [0.4, 0.5) is 14.5 Å². The van der Waals surface area contributed by atoms with Crippen molar-refractivity contribution in [1.82, 2.24) is 0 Å². The lowest BCUT2D eigenvalue weighted by atomic mass is 9.75. The predicted molar refractivity (Wildman–Crippen MR) is 102 cm³/mol. The molecule has 1 amide bonds. The Morgan fingerprint density at radius 3 is 2.61 bits per heavy atom. The van der Waals surface area contributed by atoms with Crippen molar-refractivity contribution < 1.29 is 18.0 Å². The first-order valence-corrected chi connectivity index (χ1v) is 8.62. The van der Waals surface area contributed by atoms with Gasteiger partial charge in [-0.05, 0) is 30.9 Å². The van der Waals surface area contributed by atoms with Crippen molar-refractivity contribution in [2.75, 3.05) is 5.32 Å². The molecule has 1 aromatic heterocycles. The first-order chi connectivity index (χ1) is 13.1. The molecule has 3 rings (SSSR count). The van der Waals surface area contributed by atoms with E-state index in [0.717, 1.165) is 12.1 Å². The van der Waals surface area contributed by atoms with E-state index < -0.39 is 17.5 Å². The Labute approximate surface area is 160 Å². The van der Waals surface area contributed by atoms with E-state index in [0.29, 0.717) is 41.5 Å². The molecule has 7 nitrogen and oxygen atoms in total. The van der Waals surface area contributed by atoms with Gasteiger partial charge in [0.25, 0.3) is 5.91 Å². The number of fused-ring (bicyclic) bond motifs is 1. The summed E-state index contributed by atoms with van der Waals surface area (Å²) >= 11 is 0. The van der Waals surface area contributed by atoms with E-state index >= 15 is 0 Å². The van der Waals surface area contributed by atoms with Crippen LogP contribution in [0.5, 0.6) is 0 Å². The Bertz CT molecular complexity index is 1000. The zero-order valence-corrected chi connectivity index (χ0v) is 15.8. The topological polar surface area (TPSA) is 119 Å². The Morgan fingerprint density at radius 2 is 1.96 bits per heavy atom. The fourth-order valence-electron chi connectivity index (χ4n) is 3.30. The lowest BCUT2D eigenvalue weighted by Gasteiger charge is -2.29. The highest BCUT2D eigenvalue weighted by atomic mass is 19.1. The van der Waals surface area contributed by atoms with Crippen molar-refractivity contribution in [2.45, 2.75) is 33.6 Å². The fourth-order valence-corrected chi connectivity index (χ4v) is 3.30. The second-order valence-corrected chi connectivity index (χ2v) is 7.52. The standard InChI is InChI=1S/C19H21F2N5O2/c1-9-15-13(25-26-18(22)23)7-19(2,3)8-14(15)28-16(9)17(27)24-12-5-4-10(20)6-11(12)21/h4-6H,7-8H2,1-3H3,(H,24,27)(H4,22,23,26)/b25-13-. The third kappa shape index (κ3) is 3.88. The molecule has 28 heavy (non-hydrogen) atoms. The second-order valence-electron chi connectivity index (χ2n) is 7.52. The van der Waals surface area contributed by atoms with Crippen LogP contribution in [-0.4, -0.2) is 17.6 Å². The molecular formula is C19H21F2N5O2. The quantitative estimate of drug-likeness (QED) is 0.424. The number of amides is 1. The summed E-state index contributed by atoms with van der Waals surface area (Å²) in [5.41, 5.74) is 12.3. The molecule has 148 valence electrons. The molecule has 0 radical (unpaired) electrons. The molecule has 1 heterocycles. The molecule has 0 spiro atoms. The molecule has 0 fully saturated rings. The summed E-state index contributed by atoms with van der Waals surface area (Å²) in [4.78, 5) is 12.7. The van der Waals surface area contributed by atoms with E-state index in [1.165, 1.54) is 0 Å². The molecule has 1 aromatic carbocycles. The highest BCUT2D eigenvalue weighted by Crippen LogP contribution is 2.39. The van der Waals surface area contributed by atoms with Gasteiger partial charge in [0, 0.05) is 23.6 Å². The van der Waals surface area contributed by atoms with Gasteiger partial charge in [-0.15, -0.1) is 5.10 Å². The normalized spacial score (nSPS) is 16.5. The van der Waals surface area contributed by atoms with E-state index in [1.807, 2.05) is 13.8 Å². The predicted octanol–water partition coefficient (Wildman–Crippen LogP) is 3.07. The van der Waals surface area contributed by atoms with Gasteiger partial charge in [-0.1, -0.05) is 13.8 Å². The summed E-state index contributed by atoms with van der Waals surface area (Å²) in [5, 5.41) is 10.3. The molecule has 2 aromatic rings. The zero-order valence-electron chi connectivity index (χ0n) is 15.8. The summed E-state index contributed by atoms with van der Waals surface area (Å²) in [6.07, 6.45) is 1.17. The lowest BCUT2D eigenvalue weighted by molar-refractivity contribution is 0.0992. The number of rotatable bonds is 3. The SMILES string of the molecule is Cc1c(C(=O)Nc2ccc(F)cc2F)oc2c1/C(=N\N=C(N)N)CC(C)(C)C2. The first-order valence-electron chi connectivity index (χ1n) is 8.62. The number of carbonyl (C=O) groups is 1. The van der Waals surface area contributed by atoms with Crippen molar-refractivity contribution in [3.05, 3.63) is 52.5 Å². The van der Waals surface area contributed by atoms with E-state index in [9.17, 15) is 13.6 Å². The maximum Gasteiger partial charge on any atom is 0.291 e. The van der Waals surface area contributed by atoms with Crippen LogP contribution in [-0.2, 0) is 6.42 Å². The Morgan fingerprint density at radius 1 is 1.25 bits per heavy atom. The first kappa shape index (κ1) is 19.5. The highest BCUT2D eigenvalue weighted by Gasteiger charge is 2.36. The van der Waals surface area contributed by atoms with Gasteiger partial charge in [0.05, 0.1) is 11.4 Å². The van der Waals surface area contributed by atoms with Gasteiger partial charge < -0.3 is 21.2 Å². The van der Waals surface area contributed by atoms with Crippen LogP contribution in [0.1, 0.15) is 47.7 Å². The van der Waals surface area contributed by atoms with Crippen LogP contribution in [0.2, 0.25) is 0 Å². The maximum absolute atomic E-state index is 13.9. The van der Waals surface area contributed by atoms with Crippen molar-refractivity contribution in [1.29, 1.82) is 0 Å². The summed E-state index contributed by atoms with van der Waals surface area (Å²) in [6.45, 7) is 5.78. The largest absolute Gasteiger partial charge is 0.455 e. The Kier molecular flexibility index (Phi) is 4.93. The van der Waals surface area contributed by atoms with Crippen molar-refractivity contribution in [3.8, 4) is 0 Å². The van der Waals surface area contributed by atoms with Crippen molar-refractivity contribution in [2.24, 2.45) is 27.1 Å². The number of benzene rings is 1. The number of hydrogen-bond donors (Lipinski definition) is 3. The number of anilines is 1. The third-order valence-electron chi connectivity index (χ3n) is 4.47. The highest BCUT2D eigenvalue weighted by molar-refractivity contribution is 6.09. The monoisotopic (exact) mass is 389 g/mol. The van der Waals surface area contributed by atoms with E-state index in [2.05, 4.69) is 15.5 Å². The zero-order chi connectivity index (χ0) is 20.6. The average molecular weight is 389 g/mol. The minimum Gasteiger partial charge on any atom is -0.455 e. The van der Waals surface area contributed by atoms with Crippen molar-refractivity contribution >= 4 is 23.3 Å². The average Bonchev–Trinajstić information content (AvgIpc) is 2.90. The van der Waals surface area contributed by atoms with E-state index in [1.54, 1.807) is 6.92 Å². The van der Waals surface area contributed by atoms with Gasteiger partial charge in [-0.2, -0.15) is 5.10 Å². The number of nitrogens with zero attached hydrogens (tertiary/aromatic N) is 2. The number of hydrogen-bond acceptors (Lipinski definition) is 4. The molecule has 1 aliphatic rings. The number of guanidine groups is 1. The second kappa shape index (κ2) is 7.06. The molecule has 0 saturated carbocycles. The molecule has 1 aliphatic carbocycles.